The molecule has 0 fully saturated rings. The fraction of sp³-hybridized carbons (Fsp3) is 0.278. The lowest BCUT2D eigenvalue weighted by Gasteiger charge is -2.09. The Morgan fingerprint density at radius 3 is 2.52 bits per heavy atom. The lowest BCUT2D eigenvalue weighted by molar-refractivity contribution is -0.146. The van der Waals surface area contributed by atoms with E-state index in [0.29, 0.717) is 5.75 Å². The Hall–Kier alpha value is -2.56. The molecular formula is C18H19FO4. The largest absolute Gasteiger partial charge is 0.490 e. The summed E-state index contributed by atoms with van der Waals surface area (Å²) in [5, 5.41) is 0. The summed E-state index contributed by atoms with van der Waals surface area (Å²) < 4.78 is 28.4. The van der Waals surface area contributed by atoms with Gasteiger partial charge in [-0.3, -0.25) is 0 Å². The van der Waals surface area contributed by atoms with Crippen LogP contribution in [0.1, 0.15) is 12.5 Å². The van der Waals surface area contributed by atoms with Crippen LogP contribution in [0.15, 0.2) is 48.5 Å². The Kier molecular flexibility index (Phi) is 6.41. The first kappa shape index (κ1) is 16.8. The topological polar surface area (TPSA) is 44.8 Å². The summed E-state index contributed by atoms with van der Waals surface area (Å²) in [6.07, 6.45) is 0.937. The Bertz CT molecular complexity index is 625. The third-order valence-electron chi connectivity index (χ3n) is 3.09. The minimum Gasteiger partial charge on any atom is -0.490 e. The zero-order valence-corrected chi connectivity index (χ0v) is 13.0. The molecule has 0 aliphatic carbocycles. The van der Waals surface area contributed by atoms with Crippen molar-refractivity contribution in [1.82, 2.24) is 0 Å². The van der Waals surface area contributed by atoms with Crippen LogP contribution in [0.4, 0.5) is 4.39 Å². The molecule has 0 heterocycles. The van der Waals surface area contributed by atoms with Gasteiger partial charge in [0.1, 0.15) is 30.5 Å². The highest BCUT2D eigenvalue weighted by molar-refractivity contribution is 5.71. The molecule has 0 aromatic heterocycles. The molecule has 0 saturated heterocycles. The van der Waals surface area contributed by atoms with Crippen molar-refractivity contribution in [3.8, 4) is 11.5 Å². The predicted molar refractivity (Wildman–Crippen MR) is 84.2 cm³/mol. The lowest BCUT2D eigenvalue weighted by atomic mass is 10.2. The number of carbonyl (C=O) groups is 1. The van der Waals surface area contributed by atoms with Crippen molar-refractivity contribution < 1.29 is 23.4 Å². The molecule has 0 saturated carbocycles. The van der Waals surface area contributed by atoms with Crippen molar-refractivity contribution in [2.45, 2.75) is 13.3 Å². The van der Waals surface area contributed by atoms with Gasteiger partial charge >= 0.3 is 5.97 Å². The molecule has 0 aliphatic heterocycles. The molecule has 0 atom stereocenters. The normalized spacial score (nSPS) is 10.2. The molecule has 2 aromatic rings. The molecule has 2 rings (SSSR count). The third kappa shape index (κ3) is 5.98. The average molecular weight is 318 g/mol. The van der Waals surface area contributed by atoms with E-state index < -0.39 is 5.97 Å². The predicted octanol–water partition coefficient (Wildman–Crippen LogP) is 3.39. The van der Waals surface area contributed by atoms with E-state index in [1.54, 1.807) is 0 Å². The number of hydrogen-bond acceptors (Lipinski definition) is 4. The Balaban J connectivity index is 1.63. The van der Waals surface area contributed by atoms with Gasteiger partial charge in [-0.1, -0.05) is 19.1 Å². The highest BCUT2D eigenvalue weighted by atomic mass is 19.1. The van der Waals surface area contributed by atoms with Crippen molar-refractivity contribution >= 4 is 5.97 Å². The van der Waals surface area contributed by atoms with Crippen LogP contribution >= 0.6 is 0 Å². The first-order valence-corrected chi connectivity index (χ1v) is 7.43. The molecule has 5 heteroatoms. The number of benzene rings is 2. The van der Waals surface area contributed by atoms with Gasteiger partial charge in [-0.05, 0) is 48.4 Å². The second kappa shape index (κ2) is 8.78. The van der Waals surface area contributed by atoms with Crippen LogP contribution in [-0.4, -0.2) is 25.8 Å². The maximum Gasteiger partial charge on any atom is 0.344 e. The molecule has 0 unspecified atom stereocenters. The molecular weight excluding hydrogens is 299 g/mol. The fourth-order valence-electron chi connectivity index (χ4n) is 1.88. The van der Waals surface area contributed by atoms with Gasteiger partial charge in [-0.2, -0.15) is 0 Å². The second-order valence-electron chi connectivity index (χ2n) is 4.81. The van der Waals surface area contributed by atoms with Crippen molar-refractivity contribution in [2.75, 3.05) is 19.8 Å². The summed E-state index contributed by atoms with van der Waals surface area (Å²) >= 11 is 0. The van der Waals surface area contributed by atoms with Crippen LogP contribution in [0, 0.1) is 5.82 Å². The molecule has 4 nitrogen and oxygen atoms in total. The summed E-state index contributed by atoms with van der Waals surface area (Å²) in [6.45, 7) is 2.26. The van der Waals surface area contributed by atoms with Crippen molar-refractivity contribution in [3.05, 3.63) is 59.9 Å². The minimum atomic E-state index is -0.500. The van der Waals surface area contributed by atoms with Gasteiger partial charge in [0.25, 0.3) is 0 Å². The first-order valence-electron chi connectivity index (χ1n) is 7.43. The van der Waals surface area contributed by atoms with Gasteiger partial charge in [0.15, 0.2) is 6.61 Å². The average Bonchev–Trinajstić information content (AvgIpc) is 2.58. The van der Waals surface area contributed by atoms with Crippen molar-refractivity contribution in [3.63, 3.8) is 0 Å². The van der Waals surface area contributed by atoms with Gasteiger partial charge in [0.05, 0.1) is 0 Å². The number of hydrogen-bond donors (Lipinski definition) is 0. The van der Waals surface area contributed by atoms with Gasteiger partial charge < -0.3 is 14.2 Å². The Morgan fingerprint density at radius 1 is 1.00 bits per heavy atom. The van der Waals surface area contributed by atoms with E-state index in [4.69, 9.17) is 14.2 Å². The Labute approximate surface area is 134 Å². The van der Waals surface area contributed by atoms with E-state index in [1.807, 2.05) is 24.3 Å². The number of esters is 1. The van der Waals surface area contributed by atoms with E-state index in [0.717, 1.165) is 12.2 Å². The molecule has 23 heavy (non-hydrogen) atoms. The smallest absolute Gasteiger partial charge is 0.344 e. The lowest BCUT2D eigenvalue weighted by Crippen LogP contribution is -2.18. The van der Waals surface area contributed by atoms with Gasteiger partial charge in [-0.15, -0.1) is 0 Å². The molecule has 122 valence electrons. The van der Waals surface area contributed by atoms with E-state index in [2.05, 4.69) is 6.92 Å². The van der Waals surface area contributed by atoms with Crippen LogP contribution in [-0.2, 0) is 16.0 Å². The van der Waals surface area contributed by atoms with Crippen LogP contribution in [0.2, 0.25) is 0 Å². The van der Waals surface area contributed by atoms with Crippen LogP contribution < -0.4 is 9.47 Å². The number of ether oxygens (including phenoxy) is 3. The van der Waals surface area contributed by atoms with E-state index in [-0.39, 0.29) is 25.6 Å². The molecule has 0 N–H and O–H groups in total. The van der Waals surface area contributed by atoms with Crippen molar-refractivity contribution in [2.24, 2.45) is 0 Å². The molecule has 0 bridgehead atoms. The number of carbonyl (C=O) groups excluding carboxylic acids is 1. The van der Waals surface area contributed by atoms with Gasteiger partial charge in [-0.25, -0.2) is 9.18 Å². The summed E-state index contributed by atoms with van der Waals surface area (Å²) in [5.41, 5.74) is 1.19. The second-order valence-corrected chi connectivity index (χ2v) is 4.81. The van der Waals surface area contributed by atoms with E-state index >= 15 is 0 Å². The summed E-state index contributed by atoms with van der Waals surface area (Å²) in [7, 11) is 0. The van der Waals surface area contributed by atoms with E-state index in [1.165, 1.54) is 29.8 Å². The molecule has 0 amide bonds. The quantitative estimate of drug-likeness (QED) is 0.553. The fourth-order valence-corrected chi connectivity index (χ4v) is 1.88. The van der Waals surface area contributed by atoms with E-state index in [9.17, 15) is 9.18 Å². The molecule has 0 radical (unpaired) electrons. The number of halogens is 1. The maximum absolute atomic E-state index is 12.7. The van der Waals surface area contributed by atoms with Gasteiger partial charge in [0, 0.05) is 0 Å². The zero-order chi connectivity index (χ0) is 16.5. The summed E-state index contributed by atoms with van der Waals surface area (Å²) in [4.78, 5) is 11.5. The third-order valence-corrected chi connectivity index (χ3v) is 3.09. The van der Waals surface area contributed by atoms with Crippen LogP contribution in [0.3, 0.4) is 0 Å². The van der Waals surface area contributed by atoms with Crippen molar-refractivity contribution in [1.29, 1.82) is 0 Å². The minimum absolute atomic E-state index is 0.141. The zero-order valence-electron chi connectivity index (χ0n) is 13.0. The summed E-state index contributed by atoms with van der Waals surface area (Å²) in [6, 6.07) is 13.2. The monoisotopic (exact) mass is 318 g/mol. The SMILES string of the molecule is CCc1cccc(OCCOC(=O)COc2ccc(F)cc2)c1. The number of aryl methyl sites for hydroxylation is 1. The molecule has 0 aliphatic rings. The van der Waals surface area contributed by atoms with Crippen LogP contribution in [0.25, 0.3) is 0 Å². The molecule has 0 spiro atoms. The maximum atomic E-state index is 12.7. The Morgan fingerprint density at radius 2 is 1.78 bits per heavy atom. The number of rotatable bonds is 8. The van der Waals surface area contributed by atoms with Gasteiger partial charge in [0.2, 0.25) is 0 Å². The summed E-state index contributed by atoms with van der Waals surface area (Å²) in [5.74, 6) is 0.309. The highest BCUT2D eigenvalue weighted by Crippen LogP contribution is 2.13. The standard InChI is InChI=1S/C18H19FO4/c1-2-14-4-3-5-17(12-14)21-10-11-22-18(20)13-23-16-8-6-15(19)7-9-16/h3-9,12H,2,10-11,13H2,1H3. The highest BCUT2D eigenvalue weighted by Gasteiger charge is 2.05. The molecule has 2 aromatic carbocycles. The first-order chi connectivity index (χ1) is 11.2. The van der Waals surface area contributed by atoms with Crippen LogP contribution in [0.5, 0.6) is 11.5 Å².